The van der Waals surface area contributed by atoms with Crippen LogP contribution < -0.4 is 14.8 Å². The minimum Gasteiger partial charge on any atom is -0.493 e. The van der Waals surface area contributed by atoms with E-state index in [1.807, 2.05) is 37.3 Å². The summed E-state index contributed by atoms with van der Waals surface area (Å²) in [6, 6.07) is 18.0. The van der Waals surface area contributed by atoms with Crippen LogP contribution in [-0.4, -0.2) is 13.0 Å². The van der Waals surface area contributed by atoms with Crippen molar-refractivity contribution in [1.29, 1.82) is 5.26 Å². The Bertz CT molecular complexity index is 1270. The van der Waals surface area contributed by atoms with Crippen LogP contribution in [0, 0.1) is 18.3 Å². The van der Waals surface area contributed by atoms with Gasteiger partial charge < -0.3 is 14.8 Å². The Morgan fingerprint density at radius 1 is 1.12 bits per heavy atom. The fourth-order valence-corrected chi connectivity index (χ4v) is 3.69. The zero-order chi connectivity index (χ0) is 24.0. The van der Waals surface area contributed by atoms with Crippen LogP contribution in [0.5, 0.6) is 11.5 Å². The van der Waals surface area contributed by atoms with Crippen molar-refractivity contribution in [2.45, 2.75) is 13.5 Å². The average molecular weight is 546 g/mol. The standard InChI is InChI=1S/C25H19BrCl2N2O3/c1-15-5-3-4-6-22(15)30-25(31)18(13-29)10-17-11-23(32-2)24(12-19(17)26)33-14-16-7-8-20(27)21(28)9-16/h3-12H,14H2,1-2H3,(H,30,31)/b18-10-. The predicted molar refractivity (Wildman–Crippen MR) is 135 cm³/mol. The summed E-state index contributed by atoms with van der Waals surface area (Å²) < 4.78 is 12.0. The highest BCUT2D eigenvalue weighted by Crippen LogP contribution is 2.35. The molecule has 1 amide bonds. The lowest BCUT2D eigenvalue weighted by Gasteiger charge is -2.13. The Labute approximate surface area is 210 Å². The number of nitriles is 1. The molecule has 0 aliphatic rings. The van der Waals surface area contributed by atoms with Crippen molar-refractivity contribution in [3.8, 4) is 17.6 Å². The van der Waals surface area contributed by atoms with Gasteiger partial charge in [-0.2, -0.15) is 5.26 Å². The number of carbonyl (C=O) groups is 1. The lowest BCUT2D eigenvalue weighted by atomic mass is 10.1. The maximum absolute atomic E-state index is 12.7. The quantitative estimate of drug-likeness (QED) is 0.252. The van der Waals surface area contributed by atoms with Gasteiger partial charge in [0.05, 0.1) is 17.2 Å². The molecule has 5 nitrogen and oxygen atoms in total. The van der Waals surface area contributed by atoms with Crippen LogP contribution >= 0.6 is 39.1 Å². The van der Waals surface area contributed by atoms with Crippen molar-refractivity contribution in [3.05, 3.63) is 91.4 Å². The molecule has 0 fully saturated rings. The molecule has 0 atom stereocenters. The van der Waals surface area contributed by atoms with Crippen LogP contribution in [0.1, 0.15) is 16.7 Å². The van der Waals surface area contributed by atoms with Gasteiger partial charge in [-0.3, -0.25) is 4.79 Å². The van der Waals surface area contributed by atoms with E-state index >= 15 is 0 Å². The number of methoxy groups -OCH3 is 1. The van der Waals surface area contributed by atoms with E-state index in [9.17, 15) is 10.1 Å². The van der Waals surface area contributed by atoms with Gasteiger partial charge in [0.15, 0.2) is 11.5 Å². The number of hydrogen-bond acceptors (Lipinski definition) is 4. The molecule has 3 aromatic carbocycles. The lowest BCUT2D eigenvalue weighted by molar-refractivity contribution is -0.112. The molecular formula is C25H19BrCl2N2O3. The number of para-hydroxylation sites is 1. The van der Waals surface area contributed by atoms with E-state index in [4.69, 9.17) is 32.7 Å². The monoisotopic (exact) mass is 544 g/mol. The molecule has 0 aliphatic carbocycles. The molecule has 0 saturated heterocycles. The number of nitrogens with one attached hydrogen (secondary N) is 1. The lowest BCUT2D eigenvalue weighted by Crippen LogP contribution is -2.14. The molecule has 33 heavy (non-hydrogen) atoms. The first kappa shape index (κ1) is 24.7. The molecule has 0 heterocycles. The summed E-state index contributed by atoms with van der Waals surface area (Å²) in [4.78, 5) is 12.7. The number of carbonyl (C=O) groups excluding carboxylic acids is 1. The van der Waals surface area contributed by atoms with Crippen molar-refractivity contribution < 1.29 is 14.3 Å². The molecular weight excluding hydrogens is 527 g/mol. The van der Waals surface area contributed by atoms with E-state index in [1.165, 1.54) is 13.2 Å². The molecule has 0 saturated carbocycles. The number of ether oxygens (including phenoxy) is 2. The van der Waals surface area contributed by atoms with Crippen molar-refractivity contribution in [2.75, 3.05) is 12.4 Å². The fraction of sp³-hybridized carbons (Fsp3) is 0.120. The second-order valence-corrected chi connectivity index (χ2v) is 8.67. The zero-order valence-electron chi connectivity index (χ0n) is 17.8. The van der Waals surface area contributed by atoms with E-state index in [-0.39, 0.29) is 12.2 Å². The van der Waals surface area contributed by atoms with Gasteiger partial charge in [-0.15, -0.1) is 0 Å². The van der Waals surface area contributed by atoms with Crippen LogP contribution in [0.2, 0.25) is 10.0 Å². The minimum absolute atomic E-state index is 0.0505. The summed E-state index contributed by atoms with van der Waals surface area (Å²) >= 11 is 15.5. The van der Waals surface area contributed by atoms with E-state index in [1.54, 1.807) is 30.3 Å². The molecule has 0 aromatic heterocycles. The van der Waals surface area contributed by atoms with Crippen LogP contribution in [0.25, 0.3) is 6.08 Å². The van der Waals surface area contributed by atoms with Crippen molar-refractivity contribution in [2.24, 2.45) is 0 Å². The first-order valence-electron chi connectivity index (χ1n) is 9.75. The maximum atomic E-state index is 12.7. The third kappa shape index (κ3) is 6.29. The molecule has 0 spiro atoms. The second-order valence-electron chi connectivity index (χ2n) is 7.00. The Hall–Kier alpha value is -2.98. The van der Waals surface area contributed by atoms with Gasteiger partial charge in [0.25, 0.3) is 5.91 Å². The predicted octanol–water partition coefficient (Wildman–Crippen LogP) is 7.20. The normalized spacial score (nSPS) is 11.0. The van der Waals surface area contributed by atoms with Gasteiger partial charge in [0.1, 0.15) is 18.2 Å². The summed E-state index contributed by atoms with van der Waals surface area (Å²) in [5.41, 5.74) is 2.92. The topological polar surface area (TPSA) is 71.3 Å². The Morgan fingerprint density at radius 3 is 2.55 bits per heavy atom. The van der Waals surface area contributed by atoms with Gasteiger partial charge in [0, 0.05) is 10.2 Å². The SMILES string of the molecule is COc1cc(/C=C(/C#N)C(=O)Nc2ccccc2C)c(Br)cc1OCc1ccc(Cl)c(Cl)c1. The molecule has 1 N–H and O–H groups in total. The van der Waals surface area contributed by atoms with Gasteiger partial charge in [-0.05, 0) is 60.0 Å². The molecule has 3 rings (SSSR count). The summed E-state index contributed by atoms with van der Waals surface area (Å²) in [5, 5.41) is 13.2. The van der Waals surface area contributed by atoms with Crippen molar-refractivity contribution >= 4 is 56.8 Å². The highest BCUT2D eigenvalue weighted by molar-refractivity contribution is 9.10. The smallest absolute Gasteiger partial charge is 0.266 e. The van der Waals surface area contributed by atoms with Crippen LogP contribution in [0.4, 0.5) is 5.69 Å². The summed E-state index contributed by atoms with van der Waals surface area (Å²) in [5.74, 6) is 0.425. The van der Waals surface area contributed by atoms with Gasteiger partial charge in [-0.1, -0.05) is 63.4 Å². The van der Waals surface area contributed by atoms with E-state index in [2.05, 4.69) is 21.2 Å². The molecule has 3 aromatic rings. The van der Waals surface area contributed by atoms with Crippen LogP contribution in [0.15, 0.2) is 64.6 Å². The number of nitrogens with zero attached hydrogens (tertiary/aromatic N) is 1. The van der Waals surface area contributed by atoms with E-state index < -0.39 is 5.91 Å². The number of hydrogen-bond donors (Lipinski definition) is 1. The molecule has 168 valence electrons. The highest BCUT2D eigenvalue weighted by atomic mass is 79.9. The van der Waals surface area contributed by atoms with Crippen LogP contribution in [0.3, 0.4) is 0 Å². The van der Waals surface area contributed by atoms with Gasteiger partial charge in [-0.25, -0.2) is 0 Å². The molecule has 8 heteroatoms. The number of halogens is 3. The number of benzene rings is 3. The molecule has 0 unspecified atom stereocenters. The Kier molecular flexibility index (Phi) is 8.40. The first-order valence-corrected chi connectivity index (χ1v) is 11.3. The van der Waals surface area contributed by atoms with E-state index in [0.29, 0.717) is 37.3 Å². The number of amides is 1. The Morgan fingerprint density at radius 2 is 1.88 bits per heavy atom. The average Bonchev–Trinajstić information content (AvgIpc) is 2.80. The second kappa shape index (κ2) is 11.2. The number of anilines is 1. The van der Waals surface area contributed by atoms with Crippen LogP contribution in [-0.2, 0) is 11.4 Å². The van der Waals surface area contributed by atoms with Gasteiger partial charge in [0.2, 0.25) is 0 Å². The number of rotatable bonds is 7. The minimum atomic E-state index is -0.502. The molecule has 0 aliphatic heterocycles. The summed E-state index contributed by atoms with van der Waals surface area (Å²) in [6.45, 7) is 2.13. The largest absolute Gasteiger partial charge is 0.493 e. The molecule has 0 radical (unpaired) electrons. The van der Waals surface area contributed by atoms with Crippen molar-refractivity contribution in [1.82, 2.24) is 0 Å². The van der Waals surface area contributed by atoms with E-state index in [0.717, 1.165) is 11.1 Å². The highest BCUT2D eigenvalue weighted by Gasteiger charge is 2.15. The van der Waals surface area contributed by atoms with Crippen molar-refractivity contribution in [3.63, 3.8) is 0 Å². The summed E-state index contributed by atoms with van der Waals surface area (Å²) in [7, 11) is 1.51. The maximum Gasteiger partial charge on any atom is 0.266 e. The fourth-order valence-electron chi connectivity index (χ4n) is 2.93. The first-order chi connectivity index (χ1) is 15.8. The zero-order valence-corrected chi connectivity index (χ0v) is 20.9. The summed E-state index contributed by atoms with van der Waals surface area (Å²) in [6.07, 6.45) is 1.49. The third-order valence-electron chi connectivity index (χ3n) is 4.72. The molecule has 0 bridgehead atoms. The number of aryl methyl sites for hydroxylation is 1. The Balaban J connectivity index is 1.83. The third-order valence-corrected chi connectivity index (χ3v) is 6.15. The van der Waals surface area contributed by atoms with Gasteiger partial charge >= 0.3 is 0 Å².